The highest BCUT2D eigenvalue weighted by Gasteiger charge is 2.57. The molecule has 0 saturated carbocycles. The Hall–Kier alpha value is -2.91. The van der Waals surface area contributed by atoms with Crippen LogP contribution in [0.15, 0.2) is 12.5 Å². The Labute approximate surface area is 229 Å². The number of fused-ring (bicyclic) bond motifs is 2. The lowest BCUT2D eigenvalue weighted by Gasteiger charge is -2.28. The number of nitrogens with two attached hydrogens (primary N) is 1. The Balaban J connectivity index is 1.33. The van der Waals surface area contributed by atoms with Crippen LogP contribution in [0.5, 0.6) is 11.6 Å². The summed E-state index contributed by atoms with van der Waals surface area (Å²) in [6, 6.07) is 0. The van der Waals surface area contributed by atoms with Crippen LogP contribution < -0.4 is 15.0 Å². The third-order valence-electron chi connectivity index (χ3n) is 6.37. The molecule has 14 nitrogen and oxygen atoms in total. The van der Waals surface area contributed by atoms with Gasteiger partial charge in [0.15, 0.2) is 23.1 Å². The second-order valence-electron chi connectivity index (χ2n) is 8.99. The highest BCUT2D eigenvalue weighted by molar-refractivity contribution is 9.10. The largest absolute Gasteiger partial charge is 0.479 e. The molecule has 0 radical (unpaired) electrons. The zero-order valence-electron chi connectivity index (χ0n) is 21.0. The summed E-state index contributed by atoms with van der Waals surface area (Å²) >= 11 is 2.92. The molecule has 1 fully saturated rings. The highest BCUT2D eigenvalue weighted by atomic mass is 79.9. The van der Waals surface area contributed by atoms with Gasteiger partial charge >= 0.3 is 13.6 Å². The Morgan fingerprint density at radius 3 is 2.90 bits per heavy atom. The van der Waals surface area contributed by atoms with Gasteiger partial charge in [0.25, 0.3) is 0 Å². The van der Waals surface area contributed by atoms with Gasteiger partial charge in [0, 0.05) is 24.2 Å². The Bertz CT molecular complexity index is 1490. The minimum atomic E-state index is -3.74. The van der Waals surface area contributed by atoms with Crippen molar-refractivity contribution in [2.24, 2.45) is 0 Å². The maximum atomic E-state index is 15.8. The lowest BCUT2D eigenvalue weighted by Crippen LogP contribution is -2.38. The Morgan fingerprint density at radius 2 is 2.18 bits per heavy atom. The van der Waals surface area contributed by atoms with E-state index >= 15 is 4.39 Å². The summed E-state index contributed by atoms with van der Waals surface area (Å²) in [6.07, 6.45) is -1.30. The SMILES string of the molecule is COc1nc(N)nc2c1ncn2[C@@H]1O[C@H](COP2(=O)CCc3c(COC(C)=O)cnc(C)c3O2)[C@H](O)C1(F)Br. The number of alkyl halides is 2. The topological polar surface area (TPSA) is 183 Å². The van der Waals surface area contributed by atoms with Crippen molar-refractivity contribution in [3.8, 4) is 11.6 Å². The summed E-state index contributed by atoms with van der Waals surface area (Å²) in [4.78, 5) is 27.7. The standard InChI is InChI=1S/C22H25BrFN6O8P/c1-10-16-13(12(6-26-10)7-35-11(2)31)4-5-39(33,38-16)36-8-14-17(32)22(23,24)20(37-14)30-9-27-15-18(30)28-21(25)29-19(15)34-3/h6,9,14,17,20,32H,4-5,7-8H2,1-3H3,(H2,25,28,29)/t14-,17+,20-,22?,39?/m1/s1. The van der Waals surface area contributed by atoms with E-state index in [1.165, 1.54) is 24.9 Å². The van der Waals surface area contributed by atoms with E-state index in [4.69, 9.17) is 29.0 Å². The van der Waals surface area contributed by atoms with Crippen LogP contribution in [0.2, 0.25) is 0 Å². The third-order valence-corrected chi connectivity index (χ3v) is 9.00. The molecule has 0 bridgehead atoms. The number of aliphatic hydroxyl groups excluding tert-OH is 1. The number of hydrogen-bond donors (Lipinski definition) is 2. The van der Waals surface area contributed by atoms with Crippen molar-refractivity contribution in [3.63, 3.8) is 0 Å². The van der Waals surface area contributed by atoms with Crippen LogP contribution >= 0.6 is 23.5 Å². The van der Waals surface area contributed by atoms with E-state index in [-0.39, 0.29) is 41.5 Å². The van der Waals surface area contributed by atoms with Crippen LogP contribution in [-0.4, -0.2) is 72.2 Å². The van der Waals surface area contributed by atoms with Gasteiger partial charge in [-0.15, -0.1) is 0 Å². The number of carbonyl (C=O) groups excluding carboxylic acids is 1. The van der Waals surface area contributed by atoms with Gasteiger partial charge < -0.3 is 29.6 Å². The van der Waals surface area contributed by atoms with E-state index in [9.17, 15) is 14.5 Å². The quantitative estimate of drug-likeness (QED) is 0.220. The second-order valence-corrected chi connectivity index (χ2v) is 12.3. The lowest BCUT2D eigenvalue weighted by molar-refractivity contribution is -0.142. The molecule has 5 heterocycles. The summed E-state index contributed by atoms with van der Waals surface area (Å²) in [5.41, 5.74) is 7.89. The fourth-order valence-electron chi connectivity index (χ4n) is 4.41. The van der Waals surface area contributed by atoms with Crippen LogP contribution in [0.1, 0.15) is 30.0 Å². The molecule has 2 unspecified atom stereocenters. The number of pyridine rings is 1. The zero-order chi connectivity index (χ0) is 28.1. The molecule has 0 aliphatic carbocycles. The first kappa shape index (κ1) is 27.6. The number of carbonyl (C=O) groups is 1. The van der Waals surface area contributed by atoms with E-state index in [0.29, 0.717) is 23.2 Å². The summed E-state index contributed by atoms with van der Waals surface area (Å²) in [7, 11) is -2.36. The van der Waals surface area contributed by atoms with Gasteiger partial charge in [-0.1, -0.05) is 0 Å². The van der Waals surface area contributed by atoms with E-state index in [1.807, 2.05) is 0 Å². The lowest BCUT2D eigenvalue weighted by atomic mass is 10.1. The summed E-state index contributed by atoms with van der Waals surface area (Å²) < 4.78 is 55.4. The Kier molecular flexibility index (Phi) is 7.26. The second kappa shape index (κ2) is 10.2. The van der Waals surface area contributed by atoms with Crippen LogP contribution in [0, 0.1) is 6.92 Å². The molecule has 3 N–H and O–H groups in total. The van der Waals surface area contributed by atoms with Gasteiger partial charge in [0.1, 0.15) is 18.8 Å². The number of nitrogen functional groups attached to an aromatic ring is 1. The molecule has 39 heavy (non-hydrogen) atoms. The average Bonchev–Trinajstić information content (AvgIpc) is 3.39. The van der Waals surface area contributed by atoms with Crippen LogP contribution in [0.3, 0.4) is 0 Å². The van der Waals surface area contributed by atoms with Gasteiger partial charge in [-0.2, -0.15) is 9.97 Å². The predicted octanol–water partition coefficient (Wildman–Crippen LogP) is 2.35. The van der Waals surface area contributed by atoms with E-state index in [1.54, 1.807) is 13.1 Å². The normalized spacial score (nSPS) is 28.2. The molecule has 5 atom stereocenters. The summed E-state index contributed by atoms with van der Waals surface area (Å²) in [5.74, 6) is -0.219. The van der Waals surface area contributed by atoms with Crippen molar-refractivity contribution in [1.29, 1.82) is 0 Å². The molecule has 2 aliphatic heterocycles. The minimum Gasteiger partial charge on any atom is -0.479 e. The highest BCUT2D eigenvalue weighted by Crippen LogP contribution is 2.55. The molecular formula is C22H25BrFN6O8P. The van der Waals surface area contributed by atoms with Gasteiger partial charge in [-0.25, -0.2) is 13.9 Å². The number of nitrogens with zero attached hydrogens (tertiary/aromatic N) is 5. The van der Waals surface area contributed by atoms with Crippen LogP contribution in [0.25, 0.3) is 11.2 Å². The van der Waals surface area contributed by atoms with Gasteiger partial charge in [-0.05, 0) is 29.3 Å². The van der Waals surface area contributed by atoms with E-state index < -0.39 is 43.2 Å². The van der Waals surface area contributed by atoms with Crippen LogP contribution in [-0.2, 0) is 36.4 Å². The molecule has 2 aliphatic rings. The number of halogens is 2. The molecule has 17 heteroatoms. The molecule has 5 rings (SSSR count). The molecule has 0 amide bonds. The number of methoxy groups -OCH3 is 1. The predicted molar refractivity (Wildman–Crippen MR) is 136 cm³/mol. The number of imidazole rings is 1. The number of aryl methyl sites for hydroxylation is 1. The summed E-state index contributed by atoms with van der Waals surface area (Å²) in [6.45, 7) is 2.53. The number of hydrogen-bond acceptors (Lipinski definition) is 13. The van der Waals surface area contributed by atoms with Gasteiger partial charge in [-0.3, -0.25) is 18.9 Å². The molecule has 1 saturated heterocycles. The first-order valence-corrected chi connectivity index (χ1v) is 14.2. The smallest absolute Gasteiger partial charge is 0.379 e. The molecule has 3 aromatic heterocycles. The third kappa shape index (κ3) is 5.07. The van der Waals surface area contributed by atoms with Crippen LogP contribution in [0.4, 0.5) is 10.3 Å². The van der Waals surface area contributed by atoms with Gasteiger partial charge in [0.2, 0.25) is 16.4 Å². The average molecular weight is 631 g/mol. The zero-order valence-corrected chi connectivity index (χ0v) is 23.5. The molecule has 210 valence electrons. The molecule has 0 aromatic carbocycles. The maximum Gasteiger partial charge on any atom is 0.379 e. The van der Waals surface area contributed by atoms with Crippen molar-refractivity contribution in [2.45, 2.75) is 49.9 Å². The van der Waals surface area contributed by atoms with Crippen molar-refractivity contribution in [1.82, 2.24) is 24.5 Å². The maximum absolute atomic E-state index is 15.8. The monoisotopic (exact) mass is 630 g/mol. The Morgan fingerprint density at radius 1 is 1.41 bits per heavy atom. The van der Waals surface area contributed by atoms with Crippen molar-refractivity contribution < 1.29 is 42.1 Å². The number of rotatable bonds is 7. The number of aliphatic hydroxyl groups is 1. The summed E-state index contributed by atoms with van der Waals surface area (Å²) in [5, 5.41) is 10.7. The fourth-order valence-corrected chi connectivity index (χ4v) is 6.70. The molecular weight excluding hydrogens is 606 g/mol. The van der Waals surface area contributed by atoms with E-state index in [0.717, 1.165) is 0 Å². The molecule has 0 spiro atoms. The fraction of sp³-hybridized carbons (Fsp3) is 0.500. The van der Waals surface area contributed by atoms with Gasteiger partial charge in [0.05, 0.1) is 31.9 Å². The number of anilines is 1. The number of ether oxygens (including phenoxy) is 3. The van der Waals surface area contributed by atoms with Crippen molar-refractivity contribution >= 4 is 46.6 Å². The van der Waals surface area contributed by atoms with Crippen molar-refractivity contribution in [2.75, 3.05) is 25.6 Å². The van der Waals surface area contributed by atoms with E-state index in [2.05, 4.69) is 35.9 Å². The van der Waals surface area contributed by atoms with Crippen molar-refractivity contribution in [3.05, 3.63) is 29.3 Å². The first-order chi connectivity index (χ1) is 18.4. The minimum absolute atomic E-state index is 0.00000146. The molecule has 3 aromatic rings. The first-order valence-electron chi connectivity index (χ1n) is 11.7. The number of esters is 1. The number of aromatic nitrogens is 5.